The fourth-order valence-electron chi connectivity index (χ4n) is 18.2. The molecule has 0 N–H and O–H groups in total. The quantitative estimate of drug-likeness (QED) is 0.134. The van der Waals surface area contributed by atoms with Crippen molar-refractivity contribution in [2.24, 2.45) is 35.2 Å². The Morgan fingerprint density at radius 2 is 0.558 bits per heavy atom. The second kappa shape index (κ2) is 35.0. The van der Waals surface area contributed by atoms with Gasteiger partial charge in [-0.15, -0.1) is 0 Å². The molecule has 10 nitrogen and oxygen atoms in total. The van der Waals surface area contributed by atoms with Crippen LogP contribution in [0.5, 0.6) is 0 Å². The lowest BCUT2D eigenvalue weighted by molar-refractivity contribution is -0.661. The molecule has 0 saturated carbocycles. The minimum absolute atomic E-state index is 0.0434. The molecule has 12 aromatic carbocycles. The van der Waals surface area contributed by atoms with Gasteiger partial charge in [-0.1, -0.05) is 239 Å². The topological polar surface area (TPSA) is 85.1 Å². The van der Waals surface area contributed by atoms with E-state index >= 15 is 0 Å². The maximum atomic E-state index is 8.63. The average molecular weight is 1710 g/mol. The number of para-hydroxylation sites is 5. The van der Waals surface area contributed by atoms with Crippen LogP contribution in [-0.4, -0.2) is 0 Å². The SMILES string of the molecule is Cc1ccc(-c2cc[n+](C)c(-c3c(C)ccc4c3oc3ccccc34)c2)cc1.Cc1cccc(-c2cc[n+](C)c(-c3c(C)ccc4c3oc3ccccc34)c2)c1.[2H]C([2H])([2H])C([2H])(C)c1c[n+](C)c(-c2c(C)ccc3c2oc2ccccc23)cc1C.[2H]C([2H])([2H])c1c[n+](C)c(-c2c(C)ccc3c2oc2ccccc23)cc1C.[2H]C([2H])([2H])c1c[n+](C)c(-c2c(C)ccc3c2oc2ccccc23)cc1C([2H])(C)C([2H])([2H])[2H]. The second-order valence-corrected chi connectivity index (χ2v) is 34.3. The van der Waals surface area contributed by atoms with Gasteiger partial charge in [0.1, 0.15) is 91.1 Å². The smallest absolute Gasteiger partial charge is 0.216 e. The molecule has 0 fully saturated rings. The van der Waals surface area contributed by atoms with Crippen LogP contribution in [0.3, 0.4) is 0 Å². The molecular weight excluding hydrogens is 1580 g/mol. The van der Waals surface area contributed by atoms with E-state index in [-0.39, 0.29) is 11.1 Å². The van der Waals surface area contributed by atoms with Crippen LogP contribution < -0.4 is 22.8 Å². The van der Waals surface area contributed by atoms with Crippen molar-refractivity contribution in [1.82, 2.24) is 0 Å². The molecule has 22 rings (SSSR count). The number of rotatable bonds is 9. The molecule has 2 unspecified atom stereocenters. The van der Waals surface area contributed by atoms with Gasteiger partial charge in [-0.3, -0.25) is 0 Å². The fourth-order valence-corrected chi connectivity index (χ4v) is 18.2. The number of aromatic nitrogens is 5. The standard InChI is InChI=1S/2C26H22NO.2C23H24NO.C21H20NO/c1-17-7-6-8-19(15-17)20-13-14-27(3)23(16-20)25-18(2)11-12-22-21-9-4-5-10-24(21)28-26(22)25;1-17-8-11-19(12-9-17)20-14-15-27(3)23(16-20)25-18(2)10-13-22-21-6-4-5-7-24(21)28-26(22)25;1-14(2)19-12-20(24(5)13-16(19)4)22-15(3)10-11-18-17-8-6-7-9-21(17)25-23(18)22;1-14(2)19-13-24(5)20(12-16(19)4)22-15(3)10-11-18-17-8-6-7-9-21(17)25-23(18)22;1-13-9-10-17-16-7-5-6-8-19(16)23-21(17)20(13)18-11-14(2)15(3)12-22(18)4/h2*4-16H,1-3H3;2*6-14H,1-5H3;5-12H,1-4H3/q5*+1/i;;1D3,4D3,14D;1D3,14D;3D3. The Bertz CT molecular complexity index is 8790. The Labute approximate surface area is 775 Å². The molecule has 10 aromatic heterocycles. The average Bonchev–Trinajstić information content (AvgIpc) is 1.60. The number of aryl methyl sites for hydroxylation is 16. The molecule has 22 aromatic rings. The van der Waals surface area contributed by atoms with Crippen molar-refractivity contribution >= 4 is 110 Å². The largest absolute Gasteiger partial charge is 0.455 e. The van der Waals surface area contributed by atoms with Gasteiger partial charge in [-0.25, -0.2) is 22.8 Å². The summed E-state index contributed by atoms with van der Waals surface area (Å²) >= 11 is 0. The van der Waals surface area contributed by atoms with Crippen molar-refractivity contribution in [2.45, 2.75) is 115 Å². The Kier molecular flexibility index (Phi) is 18.9. The van der Waals surface area contributed by atoms with Crippen molar-refractivity contribution in [3.05, 3.63) is 376 Å². The molecule has 0 saturated heterocycles. The van der Waals surface area contributed by atoms with E-state index in [1.165, 1.54) is 70.6 Å². The van der Waals surface area contributed by atoms with E-state index in [0.29, 0.717) is 22.4 Å². The Morgan fingerprint density at radius 1 is 0.240 bits per heavy atom. The number of pyridine rings is 5. The molecule has 0 radical (unpaired) electrons. The number of nitrogens with zero attached hydrogens (tertiary/aromatic N) is 5. The van der Waals surface area contributed by atoms with E-state index < -0.39 is 39.2 Å². The third kappa shape index (κ3) is 16.1. The van der Waals surface area contributed by atoms with Crippen LogP contribution in [-0.2, 0) is 35.2 Å². The van der Waals surface area contributed by atoms with Crippen LogP contribution in [0.15, 0.2) is 326 Å². The van der Waals surface area contributed by atoms with Gasteiger partial charge in [0.15, 0.2) is 31.0 Å². The van der Waals surface area contributed by atoms with Crippen molar-refractivity contribution in [1.29, 1.82) is 0 Å². The number of hydrogen-bond donors (Lipinski definition) is 0. The van der Waals surface area contributed by atoms with Crippen LogP contribution in [0, 0.1) is 76.0 Å². The first-order valence-corrected chi connectivity index (χ1v) is 43.5. The van der Waals surface area contributed by atoms with E-state index in [4.69, 9.17) is 41.3 Å². The number of furan rings is 5. The van der Waals surface area contributed by atoms with Crippen LogP contribution in [0.1, 0.15) is 131 Å². The zero-order chi connectivity index (χ0) is 102. The normalized spacial score (nSPS) is 14.4. The Balaban J connectivity index is 0.000000118. The summed E-state index contributed by atoms with van der Waals surface area (Å²) in [6.45, 7) is 11.1. The third-order valence-electron chi connectivity index (χ3n) is 25.1. The molecule has 0 aliphatic rings. The molecular formula is C119H112N5O5+5. The highest BCUT2D eigenvalue weighted by Gasteiger charge is 2.29. The Morgan fingerprint density at radius 3 is 0.922 bits per heavy atom. The number of fused-ring (bicyclic) bond motifs is 15. The minimum Gasteiger partial charge on any atom is -0.455 e. The summed E-state index contributed by atoms with van der Waals surface area (Å²) in [5.74, 6) is -3.80. The monoisotopic (exact) mass is 1700 g/mol. The molecule has 10 heteroatoms. The van der Waals surface area contributed by atoms with Gasteiger partial charge in [0.2, 0.25) is 28.5 Å². The predicted octanol–water partition coefficient (Wildman–Crippen LogP) is 29.4. The van der Waals surface area contributed by atoms with Gasteiger partial charge in [0, 0.05) is 132 Å². The van der Waals surface area contributed by atoms with Crippen LogP contribution in [0.2, 0.25) is 0 Å². The fraction of sp³-hybridized carbons (Fsp3) is 0.185. The summed E-state index contributed by atoms with van der Waals surface area (Å²) in [5, 5.41) is 10.8. The maximum Gasteiger partial charge on any atom is 0.216 e. The zero-order valence-corrected chi connectivity index (χ0v) is 75.6. The molecule has 0 spiro atoms. The van der Waals surface area contributed by atoms with E-state index in [1.54, 1.807) is 24.0 Å². The van der Waals surface area contributed by atoms with Crippen LogP contribution in [0.4, 0.5) is 0 Å². The van der Waals surface area contributed by atoms with Crippen molar-refractivity contribution < 1.29 is 64.1 Å². The highest BCUT2D eigenvalue weighted by Crippen LogP contribution is 2.45. The summed E-state index contributed by atoms with van der Waals surface area (Å²) < 4.78 is 152. The lowest BCUT2D eigenvalue weighted by Crippen LogP contribution is -2.32. The Hall–Kier alpha value is -14.6. The summed E-state index contributed by atoms with van der Waals surface area (Å²) in [6, 6.07) is 92.8. The molecule has 638 valence electrons. The molecule has 0 aliphatic heterocycles. The molecule has 2 atom stereocenters. The first-order valence-electron chi connectivity index (χ1n) is 50.5. The number of hydrogen-bond acceptors (Lipinski definition) is 5. The number of benzene rings is 12. The highest BCUT2D eigenvalue weighted by molar-refractivity contribution is 6.14. The van der Waals surface area contributed by atoms with Gasteiger partial charge in [0.05, 0.1) is 27.8 Å². The van der Waals surface area contributed by atoms with Crippen LogP contribution in [0.25, 0.3) is 188 Å². The first-order chi connectivity index (χ1) is 67.7. The summed E-state index contributed by atoms with van der Waals surface area (Å²) in [6.07, 6.45) is 9.15. The molecule has 0 amide bonds. The van der Waals surface area contributed by atoms with Gasteiger partial charge in [0.25, 0.3) is 0 Å². The van der Waals surface area contributed by atoms with E-state index in [9.17, 15) is 0 Å². The zero-order valence-electron chi connectivity index (χ0n) is 89.6. The van der Waals surface area contributed by atoms with Crippen molar-refractivity contribution in [2.75, 3.05) is 0 Å². The van der Waals surface area contributed by atoms with Gasteiger partial charge in [-0.2, -0.15) is 0 Å². The molecule has 129 heavy (non-hydrogen) atoms. The van der Waals surface area contributed by atoms with Gasteiger partial charge in [-0.05, 0) is 185 Å². The van der Waals surface area contributed by atoms with E-state index in [2.05, 4.69) is 228 Å². The van der Waals surface area contributed by atoms with E-state index in [0.717, 1.165) is 183 Å². The van der Waals surface area contributed by atoms with Crippen molar-refractivity contribution in [3.8, 4) is 78.5 Å². The predicted molar refractivity (Wildman–Crippen MR) is 533 cm³/mol. The molecule has 0 aliphatic carbocycles. The van der Waals surface area contributed by atoms with Gasteiger partial charge >= 0.3 is 0 Å². The van der Waals surface area contributed by atoms with E-state index in [1.807, 2.05) is 160 Å². The summed E-state index contributed by atoms with van der Waals surface area (Å²) in [4.78, 5) is 0. The summed E-state index contributed by atoms with van der Waals surface area (Å²) in [7, 11) is 9.66. The van der Waals surface area contributed by atoms with Crippen molar-refractivity contribution in [3.63, 3.8) is 0 Å². The lowest BCUT2D eigenvalue weighted by atomic mass is 9.94. The second-order valence-electron chi connectivity index (χ2n) is 34.3. The highest BCUT2D eigenvalue weighted by atomic mass is 16.3. The van der Waals surface area contributed by atoms with Crippen LogP contribution >= 0.6 is 0 Å². The summed E-state index contributed by atoms with van der Waals surface area (Å²) in [5.41, 5.74) is 33.4. The minimum atomic E-state index is -2.72. The van der Waals surface area contributed by atoms with Gasteiger partial charge < -0.3 is 22.1 Å². The molecule has 10 heterocycles. The molecule has 0 bridgehead atoms. The lowest BCUT2D eigenvalue weighted by Gasteiger charge is -2.12. The maximum absolute atomic E-state index is 8.63. The first kappa shape index (κ1) is 69.6. The third-order valence-corrected chi connectivity index (χ3v) is 25.1.